The second kappa shape index (κ2) is 12.0. The number of rotatable bonds is 7. The van der Waals surface area contributed by atoms with E-state index in [1.807, 2.05) is 6.07 Å². The number of aromatic nitrogens is 1. The van der Waals surface area contributed by atoms with Crippen LogP contribution in [0.25, 0.3) is 0 Å². The number of carbonyl (C=O) groups excluding carboxylic acids is 1. The molecule has 0 saturated carbocycles. The van der Waals surface area contributed by atoms with Crippen molar-refractivity contribution in [3.05, 3.63) is 58.7 Å². The van der Waals surface area contributed by atoms with E-state index in [1.165, 1.54) is 34.1 Å². The summed E-state index contributed by atoms with van der Waals surface area (Å²) >= 11 is 6.29. The number of piperidine rings is 2. The maximum atomic E-state index is 14.1. The highest BCUT2D eigenvalue weighted by Crippen LogP contribution is 2.42. The molecule has 2 aliphatic heterocycles. The average Bonchev–Trinajstić information content (AvgIpc) is 2.92. The second-order valence-corrected chi connectivity index (χ2v) is 11.3. The smallest absolute Gasteiger partial charge is 0.376 e. The van der Waals surface area contributed by atoms with Gasteiger partial charge in [-0.05, 0) is 61.6 Å². The van der Waals surface area contributed by atoms with Crippen molar-refractivity contribution in [3.8, 4) is 0 Å². The van der Waals surface area contributed by atoms with E-state index in [2.05, 4.69) is 9.88 Å². The van der Waals surface area contributed by atoms with Crippen LogP contribution in [0, 0.1) is 11.8 Å². The lowest BCUT2D eigenvalue weighted by atomic mass is 9.81. The maximum absolute atomic E-state index is 14.1. The molecule has 7 nitrogen and oxygen atoms in total. The fourth-order valence-electron chi connectivity index (χ4n) is 5.76. The highest BCUT2D eigenvalue weighted by atomic mass is 35.5. The normalized spacial score (nSPS) is 20.5. The fraction of sp³-hybridized carbons (Fsp3) is 0.571. The molecule has 2 aromatic rings. The zero-order valence-corrected chi connectivity index (χ0v) is 23.1. The van der Waals surface area contributed by atoms with E-state index in [0.717, 1.165) is 51.0 Å². The number of aliphatic hydroxyl groups excluding tert-OH is 1. The lowest BCUT2D eigenvalue weighted by Gasteiger charge is -2.44. The van der Waals surface area contributed by atoms with Gasteiger partial charge in [-0.1, -0.05) is 41.9 Å². The number of nitrogens with two attached hydrogens (primary N) is 1. The first-order valence-electron chi connectivity index (χ1n) is 13.4. The van der Waals surface area contributed by atoms with Gasteiger partial charge in [0.2, 0.25) is 0 Å². The number of hydrogen-bond acceptors (Lipinski definition) is 6. The molecule has 1 aromatic heterocycles. The van der Waals surface area contributed by atoms with Gasteiger partial charge in [0, 0.05) is 40.3 Å². The van der Waals surface area contributed by atoms with Crippen molar-refractivity contribution in [3.63, 3.8) is 0 Å². The first-order chi connectivity index (χ1) is 18.4. The van der Waals surface area contributed by atoms with Gasteiger partial charge in [-0.25, -0.2) is 4.98 Å². The van der Waals surface area contributed by atoms with Gasteiger partial charge in [-0.2, -0.15) is 13.2 Å². The van der Waals surface area contributed by atoms with Crippen LogP contribution >= 0.6 is 11.6 Å². The number of aliphatic hydroxyl groups is 1. The molecule has 2 atom stereocenters. The molecule has 2 fully saturated rings. The van der Waals surface area contributed by atoms with E-state index >= 15 is 0 Å². The van der Waals surface area contributed by atoms with Crippen LogP contribution < -0.4 is 10.6 Å². The summed E-state index contributed by atoms with van der Waals surface area (Å²) < 4.78 is 42.3. The summed E-state index contributed by atoms with van der Waals surface area (Å²) in [6.45, 7) is 2.38. The zero-order chi connectivity index (χ0) is 28.4. The largest absolute Gasteiger partial charge is 0.414 e. The topological polar surface area (TPSA) is 85.9 Å². The van der Waals surface area contributed by atoms with E-state index in [1.54, 1.807) is 26.2 Å². The molecule has 0 aliphatic carbocycles. The molecule has 2 aliphatic rings. The van der Waals surface area contributed by atoms with Gasteiger partial charge < -0.3 is 20.6 Å². The molecule has 2 unspecified atom stereocenters. The number of anilines is 1. The molecule has 4 rings (SSSR count). The van der Waals surface area contributed by atoms with Crippen molar-refractivity contribution >= 4 is 23.3 Å². The van der Waals surface area contributed by atoms with Gasteiger partial charge >= 0.3 is 6.18 Å². The summed E-state index contributed by atoms with van der Waals surface area (Å²) in [4.78, 5) is 21.8. The second-order valence-electron chi connectivity index (χ2n) is 11.0. The minimum absolute atomic E-state index is 0.145. The molecular formula is C28H37ClF3N5O2. The van der Waals surface area contributed by atoms with Crippen molar-refractivity contribution < 1.29 is 23.1 Å². The molecule has 2 saturated heterocycles. The SMILES string of the molecule is CN(C)C(=O)c1ccc(N2CCC(CC3CCN(C(O)C(N)(c4ccccc4)C(F)(F)F)CC3)CC2)nc1Cl. The molecule has 214 valence electrons. The number of carbonyl (C=O) groups is 1. The van der Waals surface area contributed by atoms with Gasteiger partial charge in [0.1, 0.15) is 17.2 Å². The first-order valence-corrected chi connectivity index (χ1v) is 13.8. The number of benzene rings is 1. The van der Waals surface area contributed by atoms with Gasteiger partial charge in [0.25, 0.3) is 5.91 Å². The number of hydrogen-bond donors (Lipinski definition) is 2. The summed E-state index contributed by atoms with van der Waals surface area (Å²) in [5, 5.41) is 11.1. The Bertz CT molecular complexity index is 1120. The lowest BCUT2D eigenvalue weighted by Crippen LogP contribution is -2.65. The van der Waals surface area contributed by atoms with Gasteiger partial charge in [0.15, 0.2) is 5.54 Å². The summed E-state index contributed by atoms with van der Waals surface area (Å²) in [6, 6.07) is 10.8. The number of likely N-dealkylation sites (tertiary alicyclic amines) is 1. The molecule has 39 heavy (non-hydrogen) atoms. The number of amides is 1. The Balaban J connectivity index is 1.29. The van der Waals surface area contributed by atoms with Crippen molar-refractivity contribution in [1.82, 2.24) is 14.8 Å². The van der Waals surface area contributed by atoms with Crippen LogP contribution in [0.5, 0.6) is 0 Å². The first kappa shape index (κ1) is 29.6. The summed E-state index contributed by atoms with van der Waals surface area (Å²) in [5.41, 5.74) is 3.28. The third kappa shape index (κ3) is 6.34. The summed E-state index contributed by atoms with van der Waals surface area (Å²) in [6.07, 6.45) is -2.25. The quantitative estimate of drug-likeness (QED) is 0.480. The van der Waals surface area contributed by atoms with Crippen molar-refractivity contribution in [2.45, 2.75) is 50.0 Å². The van der Waals surface area contributed by atoms with E-state index in [4.69, 9.17) is 17.3 Å². The highest BCUT2D eigenvalue weighted by Gasteiger charge is 2.59. The van der Waals surface area contributed by atoms with Crippen LogP contribution in [0.3, 0.4) is 0 Å². The molecule has 1 aromatic carbocycles. The van der Waals surface area contributed by atoms with Crippen LogP contribution in [0.2, 0.25) is 5.15 Å². The molecule has 0 spiro atoms. The standard InChI is InChI=1S/C28H37ClF3N5O2/c1-35(2)25(38)22-8-9-23(34-24(22)29)36-14-10-19(11-15-36)18-20-12-16-37(17-13-20)26(39)27(33,28(30,31)32)21-6-4-3-5-7-21/h3-9,19-20,26,39H,10-18,33H2,1-2H3. The molecule has 11 heteroatoms. The molecular weight excluding hydrogens is 531 g/mol. The Labute approximate surface area is 232 Å². The zero-order valence-electron chi connectivity index (χ0n) is 22.4. The summed E-state index contributed by atoms with van der Waals surface area (Å²) in [7, 11) is 3.34. The molecule has 1 amide bonds. The van der Waals surface area contributed by atoms with E-state index in [-0.39, 0.29) is 16.6 Å². The van der Waals surface area contributed by atoms with Crippen LogP contribution in [0.4, 0.5) is 19.0 Å². The van der Waals surface area contributed by atoms with Gasteiger partial charge in [-0.15, -0.1) is 0 Å². The van der Waals surface area contributed by atoms with E-state index < -0.39 is 17.9 Å². The predicted molar refractivity (Wildman–Crippen MR) is 145 cm³/mol. The fourth-order valence-corrected chi connectivity index (χ4v) is 6.00. The van der Waals surface area contributed by atoms with E-state index in [0.29, 0.717) is 30.5 Å². The van der Waals surface area contributed by atoms with Crippen LogP contribution in [0.1, 0.15) is 48.0 Å². The monoisotopic (exact) mass is 567 g/mol. The van der Waals surface area contributed by atoms with E-state index in [9.17, 15) is 23.1 Å². The Morgan fingerprint density at radius 2 is 1.62 bits per heavy atom. The van der Waals surface area contributed by atoms with Crippen LogP contribution in [-0.2, 0) is 5.54 Å². The van der Waals surface area contributed by atoms with Crippen LogP contribution in [0.15, 0.2) is 42.5 Å². The lowest BCUT2D eigenvalue weighted by molar-refractivity contribution is -0.242. The molecule has 3 heterocycles. The number of pyridine rings is 1. The molecule has 0 bridgehead atoms. The Kier molecular flexibility index (Phi) is 9.10. The third-order valence-electron chi connectivity index (χ3n) is 8.20. The number of nitrogens with zero attached hydrogens (tertiary/aromatic N) is 4. The van der Waals surface area contributed by atoms with Crippen molar-refractivity contribution in [2.75, 3.05) is 45.2 Å². The summed E-state index contributed by atoms with van der Waals surface area (Å²) in [5.74, 6) is 1.47. The Morgan fingerprint density at radius 3 is 2.13 bits per heavy atom. The van der Waals surface area contributed by atoms with Crippen molar-refractivity contribution in [2.24, 2.45) is 17.6 Å². The van der Waals surface area contributed by atoms with Gasteiger partial charge in [-0.3, -0.25) is 9.69 Å². The van der Waals surface area contributed by atoms with Crippen molar-refractivity contribution in [1.29, 1.82) is 0 Å². The van der Waals surface area contributed by atoms with Gasteiger partial charge in [0.05, 0.1) is 5.56 Å². The maximum Gasteiger partial charge on any atom is 0.414 e. The predicted octanol–water partition coefficient (Wildman–Crippen LogP) is 4.49. The minimum Gasteiger partial charge on any atom is -0.376 e. The van der Waals surface area contributed by atoms with Crippen LogP contribution in [-0.4, -0.2) is 78.5 Å². The highest BCUT2D eigenvalue weighted by molar-refractivity contribution is 6.32. The molecule has 3 N–H and O–H groups in total. The number of alkyl halides is 3. The number of halogens is 4. The average molecular weight is 568 g/mol. The Hall–Kier alpha value is -2.40. The third-order valence-corrected chi connectivity index (χ3v) is 8.49. The minimum atomic E-state index is -4.81. The Morgan fingerprint density at radius 1 is 1.05 bits per heavy atom. The molecule has 0 radical (unpaired) electrons.